The second kappa shape index (κ2) is 6.22. The minimum atomic E-state index is -0.150. The fourth-order valence-electron chi connectivity index (χ4n) is 2.51. The lowest BCUT2D eigenvalue weighted by molar-refractivity contribution is 0.102. The van der Waals surface area contributed by atoms with Crippen LogP contribution in [0, 0.1) is 5.92 Å². The Morgan fingerprint density at radius 3 is 2.61 bits per heavy atom. The van der Waals surface area contributed by atoms with E-state index >= 15 is 0 Å². The number of benzene rings is 1. The summed E-state index contributed by atoms with van der Waals surface area (Å²) in [5, 5.41) is 3.82. The molecule has 0 aliphatic carbocycles. The molecule has 0 radical (unpaired) electrons. The molecule has 4 N–H and O–H groups in total. The van der Waals surface area contributed by atoms with Gasteiger partial charge < -0.3 is 16.0 Å². The molecular weight excluding hydrogens is 288 g/mol. The minimum Gasteiger partial charge on any atom is -0.346 e. The molecule has 0 saturated carbocycles. The third kappa shape index (κ3) is 3.10. The number of hydrogen-bond acceptors (Lipinski definition) is 3. The van der Waals surface area contributed by atoms with Crippen molar-refractivity contribution in [3.63, 3.8) is 0 Å². The SMILES string of the molecule is CC(C)C(N)c1ccc(C(=O)Nc2ccnc3[nH]ccc23)cc1. The van der Waals surface area contributed by atoms with E-state index in [1.165, 1.54) is 0 Å². The Balaban J connectivity index is 1.79. The van der Waals surface area contributed by atoms with Gasteiger partial charge in [-0.3, -0.25) is 4.79 Å². The van der Waals surface area contributed by atoms with Crippen molar-refractivity contribution in [1.29, 1.82) is 0 Å². The maximum atomic E-state index is 12.4. The van der Waals surface area contributed by atoms with Crippen molar-refractivity contribution in [3.8, 4) is 0 Å². The highest BCUT2D eigenvalue weighted by atomic mass is 16.1. The van der Waals surface area contributed by atoms with Crippen LogP contribution in [0.15, 0.2) is 48.8 Å². The summed E-state index contributed by atoms with van der Waals surface area (Å²) < 4.78 is 0. The van der Waals surface area contributed by atoms with Crippen LogP contribution in [0.5, 0.6) is 0 Å². The van der Waals surface area contributed by atoms with Crippen molar-refractivity contribution >= 4 is 22.6 Å². The summed E-state index contributed by atoms with van der Waals surface area (Å²) in [5.74, 6) is 0.205. The van der Waals surface area contributed by atoms with E-state index in [1.807, 2.05) is 30.3 Å². The lowest BCUT2D eigenvalue weighted by Crippen LogP contribution is -2.17. The molecule has 0 spiro atoms. The first-order valence-corrected chi connectivity index (χ1v) is 7.65. The van der Waals surface area contributed by atoms with E-state index in [2.05, 4.69) is 29.1 Å². The zero-order valence-corrected chi connectivity index (χ0v) is 13.2. The summed E-state index contributed by atoms with van der Waals surface area (Å²) in [7, 11) is 0. The molecule has 1 amide bonds. The van der Waals surface area contributed by atoms with Gasteiger partial charge in [0.2, 0.25) is 0 Å². The first-order valence-electron chi connectivity index (χ1n) is 7.65. The number of anilines is 1. The largest absolute Gasteiger partial charge is 0.346 e. The second-order valence-corrected chi connectivity index (χ2v) is 5.94. The van der Waals surface area contributed by atoms with Gasteiger partial charge >= 0.3 is 0 Å². The molecule has 0 bridgehead atoms. The van der Waals surface area contributed by atoms with Crippen molar-refractivity contribution < 1.29 is 4.79 Å². The summed E-state index contributed by atoms with van der Waals surface area (Å²) in [6.07, 6.45) is 3.47. The van der Waals surface area contributed by atoms with Crippen LogP contribution in [0.4, 0.5) is 5.69 Å². The minimum absolute atomic E-state index is 0.0215. The van der Waals surface area contributed by atoms with Crippen LogP contribution in [0.1, 0.15) is 35.8 Å². The smallest absolute Gasteiger partial charge is 0.255 e. The lowest BCUT2D eigenvalue weighted by Gasteiger charge is -2.16. The Kier molecular flexibility index (Phi) is 4.12. The van der Waals surface area contributed by atoms with Gasteiger partial charge in [-0.2, -0.15) is 0 Å². The van der Waals surface area contributed by atoms with Gasteiger partial charge in [0.1, 0.15) is 5.65 Å². The standard InChI is InChI=1S/C18H20N4O/c1-11(2)16(19)12-3-5-13(6-4-12)18(23)22-15-8-10-21-17-14(15)7-9-20-17/h3-11,16H,19H2,1-2H3,(H2,20,21,22,23). The number of carbonyl (C=O) groups excluding carboxylic acids is 1. The molecule has 3 aromatic rings. The summed E-state index contributed by atoms with van der Waals surface area (Å²) >= 11 is 0. The number of carbonyl (C=O) groups is 1. The topological polar surface area (TPSA) is 83.8 Å². The molecule has 5 nitrogen and oxygen atoms in total. The number of nitrogens with two attached hydrogens (primary N) is 1. The second-order valence-electron chi connectivity index (χ2n) is 5.94. The number of aromatic amines is 1. The van der Waals surface area contributed by atoms with Gasteiger partial charge in [-0.05, 0) is 35.7 Å². The lowest BCUT2D eigenvalue weighted by atomic mass is 9.96. The molecule has 2 heterocycles. The number of amides is 1. The van der Waals surface area contributed by atoms with Gasteiger partial charge in [0, 0.05) is 29.4 Å². The summed E-state index contributed by atoms with van der Waals surface area (Å²) in [6, 6.07) is 11.1. The molecular formula is C18H20N4O. The monoisotopic (exact) mass is 308 g/mol. The zero-order chi connectivity index (χ0) is 16.4. The third-order valence-corrected chi connectivity index (χ3v) is 3.98. The Morgan fingerprint density at radius 1 is 1.17 bits per heavy atom. The van der Waals surface area contributed by atoms with Gasteiger partial charge in [-0.25, -0.2) is 4.98 Å². The van der Waals surface area contributed by atoms with Gasteiger partial charge in [-0.15, -0.1) is 0 Å². The Hall–Kier alpha value is -2.66. The van der Waals surface area contributed by atoms with Crippen LogP contribution in [-0.2, 0) is 0 Å². The number of H-pyrrole nitrogens is 1. The molecule has 0 fully saturated rings. The van der Waals surface area contributed by atoms with E-state index in [9.17, 15) is 4.79 Å². The molecule has 0 saturated heterocycles. The Bertz CT molecular complexity index is 820. The molecule has 0 aliphatic heterocycles. The van der Waals surface area contributed by atoms with Crippen molar-refractivity contribution in [2.45, 2.75) is 19.9 Å². The van der Waals surface area contributed by atoms with Crippen LogP contribution in [0.25, 0.3) is 11.0 Å². The Morgan fingerprint density at radius 2 is 1.91 bits per heavy atom. The van der Waals surface area contributed by atoms with E-state index in [-0.39, 0.29) is 11.9 Å². The van der Waals surface area contributed by atoms with Crippen LogP contribution in [-0.4, -0.2) is 15.9 Å². The van der Waals surface area contributed by atoms with Crippen LogP contribution < -0.4 is 11.1 Å². The fourth-order valence-corrected chi connectivity index (χ4v) is 2.51. The van der Waals surface area contributed by atoms with Crippen LogP contribution in [0.3, 0.4) is 0 Å². The van der Waals surface area contributed by atoms with Crippen molar-refractivity contribution in [2.75, 3.05) is 5.32 Å². The van der Waals surface area contributed by atoms with Crippen molar-refractivity contribution in [3.05, 3.63) is 59.9 Å². The van der Waals surface area contributed by atoms with Gasteiger partial charge in [0.15, 0.2) is 0 Å². The number of aromatic nitrogens is 2. The highest BCUT2D eigenvalue weighted by Crippen LogP contribution is 2.22. The van der Waals surface area contributed by atoms with E-state index in [0.717, 1.165) is 22.3 Å². The number of pyridine rings is 1. The average molecular weight is 308 g/mol. The van der Waals surface area contributed by atoms with Crippen LogP contribution in [0.2, 0.25) is 0 Å². The summed E-state index contributed by atoms with van der Waals surface area (Å²) in [6.45, 7) is 4.16. The van der Waals surface area contributed by atoms with E-state index in [1.54, 1.807) is 18.5 Å². The Labute approximate surface area is 134 Å². The molecule has 1 aromatic carbocycles. The van der Waals surface area contributed by atoms with Gasteiger partial charge in [-0.1, -0.05) is 26.0 Å². The highest BCUT2D eigenvalue weighted by Gasteiger charge is 2.13. The van der Waals surface area contributed by atoms with E-state index < -0.39 is 0 Å². The van der Waals surface area contributed by atoms with Gasteiger partial charge in [0.05, 0.1) is 5.69 Å². The average Bonchev–Trinajstić information content (AvgIpc) is 3.04. The molecule has 1 unspecified atom stereocenters. The number of nitrogens with zero attached hydrogens (tertiary/aromatic N) is 1. The molecule has 2 aromatic heterocycles. The number of fused-ring (bicyclic) bond motifs is 1. The highest BCUT2D eigenvalue weighted by molar-refractivity contribution is 6.08. The van der Waals surface area contributed by atoms with E-state index in [0.29, 0.717) is 11.5 Å². The number of nitrogens with one attached hydrogen (secondary N) is 2. The first-order chi connectivity index (χ1) is 11.1. The van der Waals surface area contributed by atoms with Crippen LogP contribution >= 0.6 is 0 Å². The number of hydrogen-bond donors (Lipinski definition) is 3. The molecule has 5 heteroatoms. The predicted octanol–water partition coefficient (Wildman–Crippen LogP) is 3.47. The zero-order valence-electron chi connectivity index (χ0n) is 13.2. The van der Waals surface area contributed by atoms with Crippen molar-refractivity contribution in [2.24, 2.45) is 11.7 Å². The molecule has 118 valence electrons. The molecule has 23 heavy (non-hydrogen) atoms. The van der Waals surface area contributed by atoms with Crippen molar-refractivity contribution in [1.82, 2.24) is 9.97 Å². The fraction of sp³-hybridized carbons (Fsp3) is 0.222. The van der Waals surface area contributed by atoms with E-state index in [4.69, 9.17) is 5.73 Å². The maximum absolute atomic E-state index is 12.4. The number of rotatable bonds is 4. The summed E-state index contributed by atoms with van der Waals surface area (Å²) in [4.78, 5) is 19.7. The van der Waals surface area contributed by atoms with Gasteiger partial charge in [0.25, 0.3) is 5.91 Å². The quantitative estimate of drug-likeness (QED) is 0.690. The molecule has 3 rings (SSSR count). The molecule has 1 atom stereocenters. The first kappa shape index (κ1) is 15.2. The maximum Gasteiger partial charge on any atom is 0.255 e. The molecule has 0 aliphatic rings. The third-order valence-electron chi connectivity index (χ3n) is 3.98. The summed E-state index contributed by atoms with van der Waals surface area (Å²) in [5.41, 5.74) is 9.26. The predicted molar refractivity (Wildman–Crippen MR) is 92.3 cm³/mol. The normalized spacial score (nSPS) is 12.5.